The maximum Gasteiger partial charge on any atom is 0.250 e. The van der Waals surface area contributed by atoms with Gasteiger partial charge in [0.15, 0.2) is 0 Å². The minimum Gasteiger partial charge on any atom is -0.361 e. The zero-order valence-electron chi connectivity index (χ0n) is 12.5. The minimum absolute atomic E-state index is 0.0605. The number of carbonyl (C=O) groups is 1. The van der Waals surface area contributed by atoms with Crippen molar-refractivity contribution in [3.63, 3.8) is 0 Å². The van der Waals surface area contributed by atoms with Crippen LogP contribution in [-0.4, -0.2) is 31.1 Å². The molecule has 0 aliphatic rings. The van der Waals surface area contributed by atoms with Crippen LogP contribution in [0.3, 0.4) is 0 Å². The molecule has 22 heavy (non-hydrogen) atoms. The topological polar surface area (TPSA) is 105 Å². The molecule has 4 N–H and O–H groups in total. The van der Waals surface area contributed by atoms with Crippen molar-refractivity contribution in [2.24, 2.45) is 5.73 Å². The van der Waals surface area contributed by atoms with Gasteiger partial charge in [0, 0.05) is 17.1 Å². The van der Waals surface area contributed by atoms with E-state index >= 15 is 0 Å². The molecule has 1 aromatic heterocycles. The second kappa shape index (κ2) is 6.93. The molecule has 120 valence electrons. The summed E-state index contributed by atoms with van der Waals surface area (Å²) >= 11 is 0. The Kier molecular flexibility index (Phi) is 5.20. The molecule has 7 heteroatoms. The summed E-state index contributed by atoms with van der Waals surface area (Å²) in [7, 11) is -3.60. The van der Waals surface area contributed by atoms with E-state index in [0.29, 0.717) is 6.42 Å². The summed E-state index contributed by atoms with van der Waals surface area (Å²) in [5.74, 6) is -0.726. The molecule has 0 spiro atoms. The number of unbranched alkanes of at least 4 members (excludes halogenated alkanes) is 1. The normalized spacial score (nSPS) is 13.2. The van der Waals surface area contributed by atoms with Gasteiger partial charge in [-0.05, 0) is 24.5 Å². The van der Waals surface area contributed by atoms with Crippen molar-refractivity contribution >= 4 is 26.8 Å². The van der Waals surface area contributed by atoms with Crippen LogP contribution in [0.15, 0.2) is 30.5 Å². The molecule has 6 nitrogen and oxygen atoms in total. The molecule has 2 aromatic rings. The maximum atomic E-state index is 12.0. The number of fused-ring (bicyclic) bond motifs is 1. The van der Waals surface area contributed by atoms with Crippen LogP contribution in [0.2, 0.25) is 0 Å². The molecule has 0 bridgehead atoms. The number of amides is 1. The third kappa shape index (κ3) is 4.08. The van der Waals surface area contributed by atoms with Crippen LogP contribution in [0.25, 0.3) is 10.9 Å². The monoisotopic (exact) mass is 323 g/mol. The first-order chi connectivity index (χ1) is 10.4. The second-order valence-corrected chi connectivity index (χ2v) is 7.15. The summed E-state index contributed by atoms with van der Waals surface area (Å²) in [6.07, 6.45) is 3.33. The molecule has 0 aliphatic heterocycles. The molecule has 2 rings (SSSR count). The summed E-state index contributed by atoms with van der Waals surface area (Å²) in [6, 6.07) is 6.77. The van der Waals surface area contributed by atoms with Gasteiger partial charge in [-0.25, -0.2) is 8.42 Å². The number of benzene rings is 1. The molecule has 0 aliphatic carbocycles. The van der Waals surface area contributed by atoms with Crippen LogP contribution in [0.4, 0.5) is 0 Å². The van der Waals surface area contributed by atoms with E-state index in [-0.39, 0.29) is 12.2 Å². The van der Waals surface area contributed by atoms with Crippen LogP contribution in [0.1, 0.15) is 25.3 Å². The third-order valence-electron chi connectivity index (χ3n) is 3.47. The highest BCUT2D eigenvalue weighted by atomic mass is 32.2. The predicted molar refractivity (Wildman–Crippen MR) is 86.8 cm³/mol. The Morgan fingerprint density at radius 3 is 2.82 bits per heavy atom. The Labute approximate surface area is 130 Å². The Balaban J connectivity index is 2.02. The van der Waals surface area contributed by atoms with E-state index in [1.165, 1.54) is 0 Å². The lowest BCUT2D eigenvalue weighted by Crippen LogP contribution is -2.45. The fourth-order valence-corrected chi connectivity index (χ4v) is 3.47. The smallest absolute Gasteiger partial charge is 0.250 e. The largest absolute Gasteiger partial charge is 0.361 e. The SMILES string of the molecule is CCCCS(=O)(=O)NC(=O)[C@@H](N)Cc1c[nH]c2ccccc12. The summed E-state index contributed by atoms with van der Waals surface area (Å²) in [4.78, 5) is 15.1. The summed E-state index contributed by atoms with van der Waals surface area (Å²) < 4.78 is 25.5. The van der Waals surface area contributed by atoms with Gasteiger partial charge >= 0.3 is 0 Å². The van der Waals surface area contributed by atoms with Crippen molar-refractivity contribution in [3.8, 4) is 0 Å². The molecule has 1 aromatic carbocycles. The molecule has 0 saturated carbocycles. The van der Waals surface area contributed by atoms with E-state index in [1.54, 1.807) is 6.20 Å². The lowest BCUT2D eigenvalue weighted by molar-refractivity contribution is -0.120. The lowest BCUT2D eigenvalue weighted by atomic mass is 10.1. The van der Waals surface area contributed by atoms with Crippen LogP contribution >= 0.6 is 0 Å². The number of hydrogen-bond donors (Lipinski definition) is 3. The van der Waals surface area contributed by atoms with Crippen molar-refractivity contribution in [2.45, 2.75) is 32.2 Å². The van der Waals surface area contributed by atoms with Gasteiger partial charge in [0.05, 0.1) is 11.8 Å². The van der Waals surface area contributed by atoms with E-state index < -0.39 is 22.0 Å². The molecule has 0 unspecified atom stereocenters. The van der Waals surface area contributed by atoms with Gasteiger partial charge in [0.1, 0.15) is 0 Å². The third-order valence-corrected chi connectivity index (χ3v) is 4.81. The first-order valence-electron chi connectivity index (χ1n) is 7.28. The number of rotatable bonds is 7. The number of para-hydroxylation sites is 1. The van der Waals surface area contributed by atoms with Gasteiger partial charge in [-0.15, -0.1) is 0 Å². The Morgan fingerprint density at radius 1 is 1.36 bits per heavy atom. The van der Waals surface area contributed by atoms with Crippen LogP contribution < -0.4 is 10.5 Å². The van der Waals surface area contributed by atoms with E-state index in [2.05, 4.69) is 4.98 Å². The highest BCUT2D eigenvalue weighted by Crippen LogP contribution is 2.18. The quantitative estimate of drug-likeness (QED) is 0.714. The van der Waals surface area contributed by atoms with Crippen molar-refractivity contribution in [1.29, 1.82) is 0 Å². The van der Waals surface area contributed by atoms with Gasteiger partial charge in [-0.2, -0.15) is 0 Å². The highest BCUT2D eigenvalue weighted by molar-refractivity contribution is 7.90. The fraction of sp³-hybridized carbons (Fsp3) is 0.400. The Morgan fingerprint density at radius 2 is 2.09 bits per heavy atom. The lowest BCUT2D eigenvalue weighted by Gasteiger charge is -2.12. The maximum absolute atomic E-state index is 12.0. The number of nitrogens with two attached hydrogens (primary N) is 1. The predicted octanol–water partition coefficient (Wildman–Crippen LogP) is 1.28. The number of hydrogen-bond acceptors (Lipinski definition) is 4. The fourth-order valence-electron chi connectivity index (χ4n) is 2.24. The molecule has 1 heterocycles. The standard InChI is InChI=1S/C15H21N3O3S/c1-2-3-8-22(20,21)18-15(19)13(16)9-11-10-17-14-7-5-4-6-12(11)14/h4-7,10,13,17H,2-3,8-9,16H2,1H3,(H,18,19)/t13-/m0/s1. The first-order valence-corrected chi connectivity index (χ1v) is 8.93. The van der Waals surface area contributed by atoms with Crippen LogP contribution in [-0.2, 0) is 21.2 Å². The molecule has 1 amide bonds. The molecular formula is C15H21N3O3S. The van der Waals surface area contributed by atoms with Gasteiger partial charge in [-0.1, -0.05) is 31.5 Å². The van der Waals surface area contributed by atoms with E-state index in [0.717, 1.165) is 22.9 Å². The molecule has 0 saturated heterocycles. The molecule has 0 radical (unpaired) electrons. The zero-order chi connectivity index (χ0) is 16.2. The number of sulfonamides is 1. The first kappa shape index (κ1) is 16.5. The van der Waals surface area contributed by atoms with E-state index in [4.69, 9.17) is 5.73 Å². The number of carbonyl (C=O) groups excluding carboxylic acids is 1. The van der Waals surface area contributed by atoms with Crippen molar-refractivity contribution < 1.29 is 13.2 Å². The minimum atomic E-state index is -3.60. The molecular weight excluding hydrogens is 302 g/mol. The summed E-state index contributed by atoms with van der Waals surface area (Å²) in [6.45, 7) is 1.89. The van der Waals surface area contributed by atoms with Crippen LogP contribution in [0.5, 0.6) is 0 Å². The van der Waals surface area contributed by atoms with Gasteiger partial charge < -0.3 is 10.7 Å². The van der Waals surface area contributed by atoms with Gasteiger partial charge in [-0.3, -0.25) is 9.52 Å². The number of aromatic amines is 1. The zero-order valence-corrected chi connectivity index (χ0v) is 13.3. The van der Waals surface area contributed by atoms with Crippen LogP contribution in [0, 0.1) is 0 Å². The number of aromatic nitrogens is 1. The van der Waals surface area contributed by atoms with E-state index in [1.807, 2.05) is 35.9 Å². The Hall–Kier alpha value is -1.86. The number of nitrogens with one attached hydrogen (secondary N) is 2. The number of H-pyrrole nitrogens is 1. The summed E-state index contributed by atoms with van der Waals surface area (Å²) in [5, 5.41) is 0.986. The van der Waals surface area contributed by atoms with Crippen molar-refractivity contribution in [2.75, 3.05) is 5.75 Å². The Bertz CT molecular complexity index is 752. The van der Waals surface area contributed by atoms with Crippen molar-refractivity contribution in [3.05, 3.63) is 36.0 Å². The average Bonchev–Trinajstić information content (AvgIpc) is 2.88. The van der Waals surface area contributed by atoms with Crippen molar-refractivity contribution in [1.82, 2.24) is 9.71 Å². The molecule has 1 atom stereocenters. The average molecular weight is 323 g/mol. The highest BCUT2D eigenvalue weighted by Gasteiger charge is 2.21. The van der Waals surface area contributed by atoms with Gasteiger partial charge in [0.25, 0.3) is 5.91 Å². The van der Waals surface area contributed by atoms with E-state index in [9.17, 15) is 13.2 Å². The summed E-state index contributed by atoms with van der Waals surface area (Å²) in [5.41, 5.74) is 7.70. The molecule has 0 fully saturated rings. The second-order valence-electron chi connectivity index (χ2n) is 5.31. The van der Waals surface area contributed by atoms with Gasteiger partial charge in [0.2, 0.25) is 10.0 Å².